The maximum atomic E-state index is 11.9. The van der Waals surface area contributed by atoms with Crippen molar-refractivity contribution in [1.29, 1.82) is 0 Å². The molecule has 1 aliphatic rings. The largest absolute Gasteiger partial charge is 0.469 e. The molecule has 1 aliphatic heterocycles. The van der Waals surface area contributed by atoms with Gasteiger partial charge in [0, 0.05) is 32.7 Å². The molecule has 0 N–H and O–H groups in total. The molecular weight excluding hydrogens is 296 g/mol. The predicted octanol–water partition coefficient (Wildman–Crippen LogP) is 0.909. The average molecular weight is 320 g/mol. The Morgan fingerprint density at radius 3 is 2.26 bits per heavy atom. The van der Waals surface area contributed by atoms with Gasteiger partial charge in [-0.3, -0.25) is 19.4 Å². The second kappa shape index (κ2) is 8.64. The molecule has 126 valence electrons. The molecule has 0 unspecified atom stereocenters. The number of hydrogen-bond acceptors (Lipinski definition) is 6. The van der Waals surface area contributed by atoms with E-state index in [4.69, 9.17) is 4.74 Å². The van der Waals surface area contributed by atoms with Gasteiger partial charge in [-0.2, -0.15) is 0 Å². The number of methoxy groups -OCH3 is 2. The molecule has 1 heterocycles. The lowest BCUT2D eigenvalue weighted by Crippen LogP contribution is -2.53. The maximum absolute atomic E-state index is 11.9. The van der Waals surface area contributed by atoms with Gasteiger partial charge in [-0.25, -0.2) is 0 Å². The molecule has 1 atom stereocenters. The summed E-state index contributed by atoms with van der Waals surface area (Å²) in [5.74, 6) is -0.779. The van der Waals surface area contributed by atoms with Gasteiger partial charge in [-0.1, -0.05) is 30.3 Å². The highest BCUT2D eigenvalue weighted by atomic mass is 16.5. The van der Waals surface area contributed by atoms with Crippen molar-refractivity contribution >= 4 is 11.9 Å². The Balaban J connectivity index is 1.90. The first-order chi connectivity index (χ1) is 11.1. The summed E-state index contributed by atoms with van der Waals surface area (Å²) >= 11 is 0. The van der Waals surface area contributed by atoms with E-state index in [9.17, 15) is 9.59 Å². The molecule has 1 saturated heterocycles. The van der Waals surface area contributed by atoms with Crippen LogP contribution in [0.1, 0.15) is 12.0 Å². The van der Waals surface area contributed by atoms with Gasteiger partial charge < -0.3 is 9.47 Å². The third-order valence-corrected chi connectivity index (χ3v) is 4.16. The monoisotopic (exact) mass is 320 g/mol. The molecule has 0 spiro atoms. The van der Waals surface area contributed by atoms with E-state index >= 15 is 0 Å². The van der Waals surface area contributed by atoms with Crippen LogP contribution in [0.3, 0.4) is 0 Å². The standard InChI is InChI=1S/C17H24N2O4/c1-22-16(20)12-15(17(21)23-2)19-10-8-18(9-11-19)13-14-6-4-3-5-7-14/h3-7,15H,8-13H2,1-2H3/t15-/m1/s1. The molecule has 0 radical (unpaired) electrons. The van der Waals surface area contributed by atoms with Crippen LogP contribution in [0.5, 0.6) is 0 Å². The van der Waals surface area contributed by atoms with E-state index in [2.05, 4.69) is 21.8 Å². The van der Waals surface area contributed by atoms with Gasteiger partial charge in [-0.15, -0.1) is 0 Å². The summed E-state index contributed by atoms with van der Waals surface area (Å²) in [6, 6.07) is 9.74. The van der Waals surface area contributed by atoms with E-state index in [1.807, 2.05) is 23.1 Å². The fraction of sp³-hybridized carbons (Fsp3) is 0.529. The predicted molar refractivity (Wildman–Crippen MR) is 85.7 cm³/mol. The van der Waals surface area contributed by atoms with E-state index in [1.165, 1.54) is 19.8 Å². The topological polar surface area (TPSA) is 59.1 Å². The lowest BCUT2D eigenvalue weighted by Gasteiger charge is -2.37. The molecule has 0 aliphatic carbocycles. The summed E-state index contributed by atoms with van der Waals surface area (Å²) in [5, 5.41) is 0. The lowest BCUT2D eigenvalue weighted by atomic mass is 10.1. The first kappa shape index (κ1) is 17.4. The maximum Gasteiger partial charge on any atom is 0.323 e. The zero-order valence-electron chi connectivity index (χ0n) is 13.7. The van der Waals surface area contributed by atoms with Crippen molar-refractivity contribution in [3.05, 3.63) is 35.9 Å². The van der Waals surface area contributed by atoms with Crippen molar-refractivity contribution in [2.45, 2.75) is 19.0 Å². The summed E-state index contributed by atoms with van der Waals surface area (Å²) in [4.78, 5) is 27.8. The number of carbonyl (C=O) groups is 2. The number of ether oxygens (including phenoxy) is 2. The molecular formula is C17H24N2O4. The van der Waals surface area contributed by atoms with Gasteiger partial charge in [-0.05, 0) is 5.56 Å². The van der Waals surface area contributed by atoms with Gasteiger partial charge in [0.05, 0.1) is 20.6 Å². The minimum absolute atomic E-state index is 0.0296. The highest BCUT2D eigenvalue weighted by Gasteiger charge is 2.32. The average Bonchev–Trinajstić information content (AvgIpc) is 2.60. The number of benzene rings is 1. The van der Waals surface area contributed by atoms with Crippen LogP contribution in [0.15, 0.2) is 30.3 Å². The smallest absolute Gasteiger partial charge is 0.323 e. The van der Waals surface area contributed by atoms with Crippen LogP contribution in [0.25, 0.3) is 0 Å². The van der Waals surface area contributed by atoms with E-state index in [1.54, 1.807) is 0 Å². The summed E-state index contributed by atoms with van der Waals surface area (Å²) in [5.41, 5.74) is 1.28. The summed E-state index contributed by atoms with van der Waals surface area (Å²) in [6.07, 6.45) is 0.0296. The molecule has 1 aromatic carbocycles. The molecule has 0 bridgehead atoms. The Kier molecular flexibility index (Phi) is 6.55. The first-order valence-electron chi connectivity index (χ1n) is 7.79. The number of hydrogen-bond donors (Lipinski definition) is 0. The minimum Gasteiger partial charge on any atom is -0.469 e. The molecule has 0 aromatic heterocycles. The molecule has 1 fully saturated rings. The second-order valence-corrected chi connectivity index (χ2v) is 5.62. The number of esters is 2. The second-order valence-electron chi connectivity index (χ2n) is 5.62. The Morgan fingerprint density at radius 2 is 1.70 bits per heavy atom. The Morgan fingerprint density at radius 1 is 1.04 bits per heavy atom. The van der Waals surface area contributed by atoms with E-state index < -0.39 is 12.0 Å². The van der Waals surface area contributed by atoms with Gasteiger partial charge in [0.25, 0.3) is 0 Å². The molecule has 0 saturated carbocycles. The third kappa shape index (κ3) is 5.04. The van der Waals surface area contributed by atoms with Gasteiger partial charge in [0.1, 0.15) is 6.04 Å². The SMILES string of the molecule is COC(=O)C[C@H](C(=O)OC)N1CCN(Cc2ccccc2)CC1. The van der Waals surface area contributed by atoms with Crippen molar-refractivity contribution in [2.75, 3.05) is 40.4 Å². The third-order valence-electron chi connectivity index (χ3n) is 4.16. The highest BCUT2D eigenvalue weighted by molar-refractivity contribution is 5.82. The Bertz CT molecular complexity index is 513. The quantitative estimate of drug-likeness (QED) is 0.726. The van der Waals surface area contributed by atoms with Crippen LogP contribution >= 0.6 is 0 Å². The van der Waals surface area contributed by atoms with Crippen molar-refractivity contribution in [3.8, 4) is 0 Å². The van der Waals surface area contributed by atoms with E-state index in [0.717, 1.165) is 32.7 Å². The summed E-state index contributed by atoms with van der Waals surface area (Å²) in [7, 11) is 2.67. The van der Waals surface area contributed by atoms with Gasteiger partial charge >= 0.3 is 11.9 Å². The van der Waals surface area contributed by atoms with Gasteiger partial charge in [0.15, 0.2) is 0 Å². The van der Waals surface area contributed by atoms with Crippen molar-refractivity contribution < 1.29 is 19.1 Å². The van der Waals surface area contributed by atoms with Crippen molar-refractivity contribution in [2.24, 2.45) is 0 Å². The normalized spacial score (nSPS) is 17.5. The summed E-state index contributed by atoms with van der Waals surface area (Å²) < 4.78 is 9.51. The fourth-order valence-electron chi connectivity index (χ4n) is 2.81. The van der Waals surface area contributed by atoms with Crippen LogP contribution in [-0.4, -0.2) is 68.2 Å². The molecule has 6 heteroatoms. The number of rotatable bonds is 6. The number of nitrogens with zero attached hydrogens (tertiary/aromatic N) is 2. The molecule has 2 rings (SSSR count). The number of carbonyl (C=O) groups excluding carboxylic acids is 2. The highest BCUT2D eigenvalue weighted by Crippen LogP contribution is 2.14. The van der Waals surface area contributed by atoms with Crippen molar-refractivity contribution in [3.63, 3.8) is 0 Å². The van der Waals surface area contributed by atoms with Crippen LogP contribution in [0.4, 0.5) is 0 Å². The number of piperazine rings is 1. The van der Waals surface area contributed by atoms with Gasteiger partial charge in [0.2, 0.25) is 0 Å². The molecule has 1 aromatic rings. The van der Waals surface area contributed by atoms with Crippen LogP contribution in [0.2, 0.25) is 0 Å². The molecule has 23 heavy (non-hydrogen) atoms. The fourth-order valence-corrected chi connectivity index (χ4v) is 2.81. The summed E-state index contributed by atoms with van der Waals surface area (Å²) in [6.45, 7) is 4.05. The van der Waals surface area contributed by atoms with Crippen LogP contribution < -0.4 is 0 Å². The Hall–Kier alpha value is -1.92. The van der Waals surface area contributed by atoms with Crippen LogP contribution in [0, 0.1) is 0 Å². The van der Waals surface area contributed by atoms with Crippen LogP contribution in [-0.2, 0) is 25.6 Å². The Labute approximate surface area is 137 Å². The van der Waals surface area contributed by atoms with E-state index in [-0.39, 0.29) is 12.4 Å². The molecule has 0 amide bonds. The minimum atomic E-state index is -0.564. The zero-order chi connectivity index (χ0) is 16.7. The first-order valence-corrected chi connectivity index (χ1v) is 7.79. The van der Waals surface area contributed by atoms with E-state index in [0.29, 0.717) is 0 Å². The molecule has 6 nitrogen and oxygen atoms in total. The lowest BCUT2D eigenvalue weighted by molar-refractivity contribution is -0.154. The van der Waals surface area contributed by atoms with Crippen molar-refractivity contribution in [1.82, 2.24) is 9.80 Å². The zero-order valence-corrected chi connectivity index (χ0v) is 13.7.